The Kier molecular flexibility index (Phi) is 7.89. The van der Waals surface area contributed by atoms with E-state index in [1.807, 2.05) is 177 Å². The number of anilines is 12. The lowest BCUT2D eigenvalue weighted by Crippen LogP contribution is -2.65. The first kappa shape index (κ1) is 36.7. The summed E-state index contributed by atoms with van der Waals surface area (Å²) in [4.78, 5) is 7.71. The van der Waals surface area contributed by atoms with Gasteiger partial charge in [0.05, 0.1) is 11.4 Å². The standard InChI is InChI=1S/C54H32B2F4N4/c57-41-30-47-49-53(51(41)59)63(35-21-9-3-10-22-35)43-27-15-13-25-37(43)55(49)39-29-40-46(32-45(39)61(47)33-17-5-1-6-18-33)62(34-19-7-2-8-20-34)48-31-42(58)52(60)54-50(48)56(40)38-26-14-16-28-44(38)64(54)36-23-11-4-12-24-36/h1-32H. The molecule has 0 N–H and O–H groups in total. The zero-order chi connectivity index (χ0) is 42.8. The molecule has 4 heterocycles. The van der Waals surface area contributed by atoms with Crippen LogP contribution in [0.4, 0.5) is 85.8 Å². The molecule has 0 spiro atoms. The van der Waals surface area contributed by atoms with E-state index in [4.69, 9.17) is 0 Å². The highest BCUT2D eigenvalue weighted by Gasteiger charge is 2.50. The van der Waals surface area contributed by atoms with Crippen LogP contribution in [-0.4, -0.2) is 13.4 Å². The maximum atomic E-state index is 17.1. The molecule has 9 aromatic rings. The maximum absolute atomic E-state index is 17.1. The van der Waals surface area contributed by atoms with Crippen LogP contribution >= 0.6 is 0 Å². The third kappa shape index (κ3) is 5.02. The smallest absolute Gasteiger partial charge is 0.252 e. The van der Waals surface area contributed by atoms with Crippen LogP contribution in [0.3, 0.4) is 0 Å². The van der Waals surface area contributed by atoms with Crippen LogP contribution in [0.15, 0.2) is 194 Å². The molecule has 0 saturated heterocycles. The Morgan fingerprint density at radius 3 is 0.984 bits per heavy atom. The highest BCUT2D eigenvalue weighted by Crippen LogP contribution is 2.49. The van der Waals surface area contributed by atoms with Crippen molar-refractivity contribution in [2.75, 3.05) is 19.6 Å². The van der Waals surface area contributed by atoms with Gasteiger partial charge in [-0.25, -0.2) is 17.6 Å². The summed E-state index contributed by atoms with van der Waals surface area (Å²) in [6, 6.07) is 61.3. The van der Waals surface area contributed by atoms with E-state index in [9.17, 15) is 0 Å². The van der Waals surface area contributed by atoms with Crippen LogP contribution in [0.2, 0.25) is 0 Å². The van der Waals surface area contributed by atoms with Crippen molar-refractivity contribution in [2.45, 2.75) is 0 Å². The number of hydrogen-bond donors (Lipinski definition) is 0. The van der Waals surface area contributed by atoms with Crippen molar-refractivity contribution in [3.05, 3.63) is 217 Å². The average Bonchev–Trinajstić information content (AvgIpc) is 3.34. The first-order valence-corrected chi connectivity index (χ1v) is 21.3. The van der Waals surface area contributed by atoms with E-state index in [0.29, 0.717) is 33.7 Å². The van der Waals surface area contributed by atoms with Crippen molar-refractivity contribution in [1.82, 2.24) is 0 Å². The molecule has 0 aliphatic carbocycles. The van der Waals surface area contributed by atoms with E-state index in [1.54, 1.807) is 0 Å². The fraction of sp³-hybridized carbons (Fsp3) is 0. The molecule has 4 nitrogen and oxygen atoms in total. The SMILES string of the molecule is Fc1cc2c3c(c1F)N(c1ccccc1)c1ccccc1B3c1cc3c(cc1N2c1ccccc1)N(c1ccccc1)c1cc(F)c(F)c2c1B3c1ccccc1N2c1ccccc1. The third-order valence-electron chi connectivity index (χ3n) is 13.2. The number of fused-ring (bicyclic) bond motifs is 8. The molecule has 0 bridgehead atoms. The van der Waals surface area contributed by atoms with Crippen molar-refractivity contribution in [1.29, 1.82) is 0 Å². The molecule has 64 heavy (non-hydrogen) atoms. The molecule has 0 aromatic heterocycles. The van der Waals surface area contributed by atoms with Crippen molar-refractivity contribution in [3.63, 3.8) is 0 Å². The van der Waals surface area contributed by atoms with Crippen LogP contribution in [0, 0.1) is 23.3 Å². The minimum atomic E-state index is -0.971. The summed E-state index contributed by atoms with van der Waals surface area (Å²) in [7, 11) is 0. The molecule has 0 fully saturated rings. The Bertz CT molecular complexity index is 3150. The maximum Gasteiger partial charge on any atom is 0.252 e. The summed E-state index contributed by atoms with van der Waals surface area (Å²) in [6.45, 7) is -1.10. The molecular weight excluding hydrogens is 802 g/mol. The average molecular weight is 834 g/mol. The van der Waals surface area contributed by atoms with Gasteiger partial charge in [0.2, 0.25) is 0 Å². The van der Waals surface area contributed by atoms with Gasteiger partial charge in [0.1, 0.15) is 0 Å². The predicted molar refractivity (Wildman–Crippen MR) is 254 cm³/mol. The molecule has 302 valence electrons. The molecule has 0 unspecified atom stereocenters. The minimum Gasteiger partial charge on any atom is -0.311 e. The first-order valence-electron chi connectivity index (χ1n) is 21.3. The predicted octanol–water partition coefficient (Wildman–Crippen LogP) is 10.4. The summed E-state index contributed by atoms with van der Waals surface area (Å²) < 4.78 is 67.3. The van der Waals surface area contributed by atoms with E-state index in [-0.39, 0.29) is 11.4 Å². The second kappa shape index (κ2) is 13.8. The Labute approximate surface area is 367 Å². The van der Waals surface area contributed by atoms with Crippen LogP contribution in [0.1, 0.15) is 0 Å². The highest BCUT2D eigenvalue weighted by molar-refractivity contribution is 7.03. The van der Waals surface area contributed by atoms with Gasteiger partial charge in [0, 0.05) is 69.0 Å². The summed E-state index contributed by atoms with van der Waals surface area (Å²) in [6.07, 6.45) is 0. The molecule has 0 saturated carbocycles. The Morgan fingerprint density at radius 2 is 0.609 bits per heavy atom. The van der Waals surface area contributed by atoms with Crippen molar-refractivity contribution in [3.8, 4) is 0 Å². The summed E-state index contributed by atoms with van der Waals surface area (Å²) in [5.74, 6) is -3.82. The number of halogens is 4. The topological polar surface area (TPSA) is 13.0 Å². The van der Waals surface area contributed by atoms with Crippen molar-refractivity contribution in [2.24, 2.45) is 0 Å². The lowest BCUT2D eigenvalue weighted by Gasteiger charge is -2.47. The number of hydrogen-bond acceptors (Lipinski definition) is 4. The Hall–Kier alpha value is -7.97. The zero-order valence-electron chi connectivity index (χ0n) is 33.9. The minimum absolute atomic E-state index is 0.145. The van der Waals surface area contributed by atoms with Crippen LogP contribution in [0.25, 0.3) is 0 Å². The van der Waals surface area contributed by atoms with Gasteiger partial charge in [-0.05, 0) is 99.5 Å². The van der Waals surface area contributed by atoms with Crippen molar-refractivity contribution < 1.29 is 17.6 Å². The Morgan fingerprint density at radius 1 is 0.281 bits per heavy atom. The molecule has 4 aliphatic heterocycles. The molecule has 10 heteroatoms. The number of nitrogens with zero attached hydrogens (tertiary/aromatic N) is 4. The number of benzene rings is 9. The van der Waals surface area contributed by atoms with Crippen LogP contribution in [0.5, 0.6) is 0 Å². The number of para-hydroxylation sites is 6. The summed E-state index contributed by atoms with van der Waals surface area (Å²) >= 11 is 0. The summed E-state index contributed by atoms with van der Waals surface area (Å²) in [5, 5.41) is 0. The van der Waals surface area contributed by atoms with Crippen LogP contribution < -0.4 is 52.4 Å². The van der Waals surface area contributed by atoms with E-state index in [0.717, 1.165) is 56.0 Å². The molecule has 0 radical (unpaired) electrons. The highest BCUT2D eigenvalue weighted by atomic mass is 19.2. The van der Waals surface area contributed by atoms with E-state index >= 15 is 17.6 Å². The van der Waals surface area contributed by atoms with E-state index in [2.05, 4.69) is 24.3 Å². The number of rotatable bonds is 4. The molecule has 4 aliphatic rings. The fourth-order valence-electron chi connectivity index (χ4n) is 10.8. The normalized spacial score (nSPS) is 13.8. The monoisotopic (exact) mass is 834 g/mol. The largest absolute Gasteiger partial charge is 0.311 e. The fourth-order valence-corrected chi connectivity index (χ4v) is 10.8. The van der Waals surface area contributed by atoms with Gasteiger partial charge in [0.25, 0.3) is 13.4 Å². The zero-order valence-corrected chi connectivity index (χ0v) is 33.9. The molecule has 13 rings (SSSR count). The molecule has 0 amide bonds. The quantitative estimate of drug-likeness (QED) is 0.129. The molecule has 0 atom stereocenters. The lowest BCUT2D eigenvalue weighted by molar-refractivity contribution is 0.511. The summed E-state index contributed by atoms with van der Waals surface area (Å²) in [5.41, 5.74) is 12.0. The Balaban J connectivity index is 1.17. The van der Waals surface area contributed by atoms with Gasteiger partial charge in [-0.1, -0.05) is 115 Å². The lowest BCUT2D eigenvalue weighted by atomic mass is 9.30. The van der Waals surface area contributed by atoms with Gasteiger partial charge in [-0.15, -0.1) is 0 Å². The van der Waals surface area contributed by atoms with E-state index < -0.39 is 36.7 Å². The second-order valence-electron chi connectivity index (χ2n) is 16.5. The van der Waals surface area contributed by atoms with Gasteiger partial charge in [-0.3, -0.25) is 0 Å². The van der Waals surface area contributed by atoms with Gasteiger partial charge in [-0.2, -0.15) is 0 Å². The van der Waals surface area contributed by atoms with Crippen molar-refractivity contribution >= 4 is 114 Å². The molecular formula is C54H32B2F4N4. The molecule has 9 aromatic carbocycles. The van der Waals surface area contributed by atoms with Gasteiger partial charge >= 0.3 is 0 Å². The van der Waals surface area contributed by atoms with Gasteiger partial charge < -0.3 is 19.6 Å². The van der Waals surface area contributed by atoms with Gasteiger partial charge in [0.15, 0.2) is 23.3 Å². The van der Waals surface area contributed by atoms with Crippen LogP contribution in [-0.2, 0) is 0 Å². The van der Waals surface area contributed by atoms with E-state index in [1.165, 1.54) is 12.1 Å². The first-order chi connectivity index (χ1) is 31.5. The third-order valence-corrected chi connectivity index (χ3v) is 13.2. The second-order valence-corrected chi connectivity index (χ2v) is 16.5.